The molecule has 1 N–H and O–H groups in total. The standard InChI is InChI=1S/C29H26N2O/c1-3-17-32-24-14-8-21(9-15-24)19-30-23-12-10-22(11-13-23)29-26-6-4-5-25(26)27-18-20(2)7-16-28(27)31-29/h1,4-5,7-16,18-19,25-26,29,31H,6,17H2,2H3/t25-,26+,29+/m1/s1. The van der Waals surface area contributed by atoms with Gasteiger partial charge in [0, 0.05) is 17.8 Å². The first-order valence-corrected chi connectivity index (χ1v) is 11.1. The first kappa shape index (κ1) is 20.2. The van der Waals surface area contributed by atoms with Crippen LogP contribution in [-0.2, 0) is 0 Å². The van der Waals surface area contributed by atoms with Crippen LogP contribution in [0.4, 0.5) is 11.4 Å². The van der Waals surface area contributed by atoms with Crippen molar-refractivity contribution >= 4 is 17.6 Å². The topological polar surface area (TPSA) is 33.6 Å². The van der Waals surface area contributed by atoms with Gasteiger partial charge < -0.3 is 10.1 Å². The van der Waals surface area contributed by atoms with Gasteiger partial charge in [-0.05, 0) is 78.4 Å². The number of fused-ring (bicyclic) bond motifs is 3. The lowest BCUT2D eigenvalue weighted by Crippen LogP contribution is -2.29. The second kappa shape index (κ2) is 8.77. The molecule has 1 aliphatic carbocycles. The monoisotopic (exact) mass is 418 g/mol. The second-order valence-corrected chi connectivity index (χ2v) is 8.48. The van der Waals surface area contributed by atoms with Crippen LogP contribution in [0.3, 0.4) is 0 Å². The average molecular weight is 419 g/mol. The van der Waals surface area contributed by atoms with Crippen molar-refractivity contribution in [2.75, 3.05) is 11.9 Å². The average Bonchev–Trinajstić information content (AvgIpc) is 3.32. The summed E-state index contributed by atoms with van der Waals surface area (Å²) in [6, 6.07) is 23.4. The Morgan fingerprint density at radius 2 is 1.91 bits per heavy atom. The van der Waals surface area contributed by atoms with E-state index in [1.54, 1.807) is 0 Å². The van der Waals surface area contributed by atoms with E-state index >= 15 is 0 Å². The normalized spacial score (nSPS) is 20.9. The highest BCUT2D eigenvalue weighted by molar-refractivity contribution is 5.82. The minimum absolute atomic E-state index is 0.276. The molecule has 3 nitrogen and oxygen atoms in total. The van der Waals surface area contributed by atoms with Crippen LogP contribution in [0.2, 0.25) is 0 Å². The van der Waals surface area contributed by atoms with Crippen molar-refractivity contribution in [3.63, 3.8) is 0 Å². The highest BCUT2D eigenvalue weighted by Crippen LogP contribution is 2.50. The van der Waals surface area contributed by atoms with Gasteiger partial charge in [-0.1, -0.05) is 47.9 Å². The maximum atomic E-state index is 5.41. The molecule has 3 aromatic carbocycles. The van der Waals surface area contributed by atoms with Crippen LogP contribution in [0, 0.1) is 25.2 Å². The van der Waals surface area contributed by atoms with Crippen LogP contribution >= 0.6 is 0 Å². The van der Waals surface area contributed by atoms with Crippen LogP contribution in [0.15, 0.2) is 83.9 Å². The summed E-state index contributed by atoms with van der Waals surface area (Å²) in [6.45, 7) is 2.44. The maximum absolute atomic E-state index is 5.41. The molecule has 32 heavy (non-hydrogen) atoms. The third-order valence-electron chi connectivity index (χ3n) is 6.34. The lowest BCUT2D eigenvalue weighted by atomic mass is 9.76. The summed E-state index contributed by atoms with van der Waals surface area (Å²) >= 11 is 0. The molecule has 1 heterocycles. The molecule has 0 aromatic heterocycles. The molecule has 3 aromatic rings. The Kier molecular flexibility index (Phi) is 5.52. The van der Waals surface area contributed by atoms with E-state index in [2.05, 4.69) is 77.8 Å². The molecule has 0 fully saturated rings. The number of rotatable bonds is 5. The van der Waals surface area contributed by atoms with Crippen LogP contribution < -0.4 is 10.1 Å². The first-order chi connectivity index (χ1) is 15.7. The van der Waals surface area contributed by atoms with E-state index in [0.717, 1.165) is 23.4 Å². The van der Waals surface area contributed by atoms with Crippen LogP contribution in [0.5, 0.6) is 5.75 Å². The molecule has 0 radical (unpaired) electrons. The van der Waals surface area contributed by atoms with E-state index in [1.807, 2.05) is 30.5 Å². The zero-order chi connectivity index (χ0) is 21.9. The van der Waals surface area contributed by atoms with Crippen LogP contribution in [0.25, 0.3) is 0 Å². The smallest absolute Gasteiger partial charge is 0.148 e. The molecule has 0 bridgehead atoms. The van der Waals surface area contributed by atoms with E-state index in [9.17, 15) is 0 Å². The maximum Gasteiger partial charge on any atom is 0.148 e. The number of aliphatic imine (C=N–C) groups is 1. The number of terminal acetylenes is 1. The van der Waals surface area contributed by atoms with Crippen molar-refractivity contribution in [2.45, 2.75) is 25.3 Å². The van der Waals surface area contributed by atoms with Crippen molar-refractivity contribution in [1.82, 2.24) is 0 Å². The minimum Gasteiger partial charge on any atom is -0.481 e. The van der Waals surface area contributed by atoms with Gasteiger partial charge in [-0.15, -0.1) is 6.42 Å². The van der Waals surface area contributed by atoms with E-state index in [-0.39, 0.29) is 6.61 Å². The summed E-state index contributed by atoms with van der Waals surface area (Å²) < 4.78 is 5.41. The van der Waals surface area contributed by atoms with E-state index < -0.39 is 0 Å². The van der Waals surface area contributed by atoms with Gasteiger partial charge in [-0.25, -0.2) is 0 Å². The molecular weight excluding hydrogens is 392 g/mol. The van der Waals surface area contributed by atoms with E-state index in [1.165, 1.54) is 22.4 Å². The summed E-state index contributed by atoms with van der Waals surface area (Å²) in [6.07, 6.45) is 12.9. The number of anilines is 1. The molecule has 0 amide bonds. The minimum atomic E-state index is 0.276. The summed E-state index contributed by atoms with van der Waals surface area (Å²) in [5.74, 6) is 4.27. The predicted molar refractivity (Wildman–Crippen MR) is 132 cm³/mol. The zero-order valence-electron chi connectivity index (χ0n) is 18.2. The second-order valence-electron chi connectivity index (χ2n) is 8.48. The third-order valence-corrected chi connectivity index (χ3v) is 6.34. The Morgan fingerprint density at radius 1 is 1.09 bits per heavy atom. The Morgan fingerprint density at radius 3 is 2.69 bits per heavy atom. The molecule has 0 spiro atoms. The summed E-state index contributed by atoms with van der Waals surface area (Å²) in [4.78, 5) is 4.64. The Hall–Kier alpha value is -3.77. The fourth-order valence-electron chi connectivity index (χ4n) is 4.74. The summed E-state index contributed by atoms with van der Waals surface area (Å²) in [7, 11) is 0. The van der Waals surface area contributed by atoms with Gasteiger partial charge in [0.1, 0.15) is 12.4 Å². The molecular formula is C29H26N2O. The molecule has 3 atom stereocenters. The SMILES string of the molecule is C#CCOc1ccc(C=Nc2ccc([C@@H]3Nc4ccc(C)cc4[C@@H]4C=CC[C@@H]43)cc2)cc1. The van der Waals surface area contributed by atoms with Crippen molar-refractivity contribution in [1.29, 1.82) is 0 Å². The largest absolute Gasteiger partial charge is 0.481 e. The van der Waals surface area contributed by atoms with E-state index in [0.29, 0.717) is 17.9 Å². The lowest BCUT2D eigenvalue weighted by molar-refractivity contribution is 0.370. The van der Waals surface area contributed by atoms with Crippen molar-refractivity contribution in [2.24, 2.45) is 10.9 Å². The van der Waals surface area contributed by atoms with E-state index in [4.69, 9.17) is 11.2 Å². The Balaban J connectivity index is 1.31. The van der Waals surface area contributed by atoms with Crippen molar-refractivity contribution in [3.05, 3.63) is 101 Å². The number of hydrogen-bond donors (Lipinski definition) is 1. The van der Waals surface area contributed by atoms with Gasteiger partial charge in [0.2, 0.25) is 0 Å². The van der Waals surface area contributed by atoms with Gasteiger partial charge in [-0.2, -0.15) is 0 Å². The van der Waals surface area contributed by atoms with Gasteiger partial charge in [0.25, 0.3) is 0 Å². The van der Waals surface area contributed by atoms with Crippen LogP contribution in [-0.4, -0.2) is 12.8 Å². The van der Waals surface area contributed by atoms with Gasteiger partial charge >= 0.3 is 0 Å². The van der Waals surface area contributed by atoms with Gasteiger partial charge in [-0.3, -0.25) is 4.99 Å². The first-order valence-electron chi connectivity index (χ1n) is 11.1. The number of hydrogen-bond acceptors (Lipinski definition) is 3. The molecule has 0 saturated heterocycles. The molecule has 3 heteroatoms. The summed E-state index contributed by atoms with van der Waals surface area (Å²) in [5.41, 5.74) is 7.27. The van der Waals surface area contributed by atoms with Gasteiger partial charge in [0.05, 0.1) is 11.7 Å². The number of ether oxygens (including phenoxy) is 1. The fraction of sp³-hybridized carbons (Fsp3) is 0.207. The number of allylic oxidation sites excluding steroid dienone is 2. The fourth-order valence-corrected chi connectivity index (χ4v) is 4.74. The highest BCUT2D eigenvalue weighted by Gasteiger charge is 2.37. The van der Waals surface area contributed by atoms with Crippen LogP contribution in [0.1, 0.15) is 40.6 Å². The lowest BCUT2D eigenvalue weighted by Gasteiger charge is -2.37. The Labute approximate surface area is 189 Å². The number of benzene rings is 3. The summed E-state index contributed by atoms with van der Waals surface area (Å²) in [5, 5.41) is 3.81. The molecule has 158 valence electrons. The predicted octanol–water partition coefficient (Wildman–Crippen LogP) is 6.58. The Bertz CT molecular complexity index is 1200. The highest BCUT2D eigenvalue weighted by atomic mass is 16.5. The van der Waals surface area contributed by atoms with Crippen molar-refractivity contribution < 1.29 is 4.74 Å². The molecule has 2 aliphatic rings. The molecule has 5 rings (SSSR count). The molecule has 0 saturated carbocycles. The van der Waals surface area contributed by atoms with Crippen molar-refractivity contribution in [3.8, 4) is 18.1 Å². The van der Waals surface area contributed by atoms with Gasteiger partial charge in [0.15, 0.2) is 0 Å². The number of aryl methyl sites for hydroxylation is 1. The quantitative estimate of drug-likeness (QED) is 0.288. The third kappa shape index (κ3) is 4.05. The molecule has 0 unspecified atom stereocenters. The zero-order valence-corrected chi connectivity index (χ0v) is 18.2. The number of nitrogens with one attached hydrogen (secondary N) is 1. The molecule has 1 aliphatic heterocycles. The number of nitrogens with zero attached hydrogens (tertiary/aromatic N) is 1.